The third-order valence-electron chi connectivity index (χ3n) is 46.8. The fourth-order valence-corrected chi connectivity index (χ4v) is 41.4. The lowest BCUT2D eigenvalue weighted by Crippen LogP contribution is -2.61. The Morgan fingerprint density at radius 1 is 0.241 bits per heavy atom. The Morgan fingerprint density at radius 2 is 0.617 bits per heavy atom. The van der Waals surface area contributed by atoms with Crippen molar-refractivity contribution < 1.29 is 4.42 Å². The molecule has 672 valence electrons. The molecule has 141 heavy (non-hydrogen) atoms. The molecule has 4 spiro atoms. The highest BCUT2D eigenvalue weighted by molar-refractivity contribution is 6.94. The number of benzene rings is 16. The van der Waals surface area contributed by atoms with Crippen LogP contribution < -0.4 is 31.5 Å². The molecule has 11 atom stereocenters. The number of nitrogens with zero attached hydrogens (tertiary/aromatic N) is 4. The lowest BCUT2D eigenvalue weighted by Gasteiger charge is -2.66. The van der Waals surface area contributed by atoms with E-state index in [-0.39, 0.29) is 24.5 Å². The van der Waals surface area contributed by atoms with Crippen LogP contribution in [-0.2, 0) is 21.7 Å². The maximum absolute atomic E-state index is 7.08. The van der Waals surface area contributed by atoms with Gasteiger partial charge in [0, 0.05) is 89.0 Å². The number of para-hydroxylation sites is 1. The number of aromatic nitrogens is 2. The average molecular weight is 1810 g/mol. The second-order valence-electron chi connectivity index (χ2n) is 50.8. The predicted molar refractivity (Wildman–Crippen MR) is 576 cm³/mol. The molecule has 5 nitrogen and oxygen atoms in total. The minimum atomic E-state index is -0.128. The molecule has 7 heteroatoms. The highest BCUT2D eigenvalue weighted by atomic mass is 16.3. The quantitative estimate of drug-likeness (QED) is 0.121. The van der Waals surface area contributed by atoms with Crippen LogP contribution in [0.25, 0.3) is 166 Å². The van der Waals surface area contributed by atoms with Gasteiger partial charge in [-0.3, -0.25) is 0 Å². The SMILES string of the molecule is c1ccc(-c2ccc(N3B4c5c(cc(-c6ccc(-c7ccc(-c8ccc(N9B%10c%11c(cc(-c%12ccccc%12)cc%11-n%11c%12ccc(C%13%14CC%15CC%16CC(C%13)C%16%15C%14)cc%12c%12cc(C%13%14CC%15CC%16C[C@@H](C%13)C%16%15C%14)cc%10c%12%11)-c%10cc%11c(cc%109)oc9ccccc9%11)cc8)cc7)cc6)cc5-n5c6ccc(C78CC9CC%10CC(C7)C%109C8)cc6c6cc(C78CC9CC%10CC(C7)C%109C8)cc4c65)-c4ccc5ccccc5c43)cc2)cc1. The van der Waals surface area contributed by atoms with Crippen molar-refractivity contribution in [3.63, 3.8) is 0 Å². The van der Waals surface area contributed by atoms with E-state index in [1.807, 2.05) is 0 Å². The van der Waals surface area contributed by atoms with Gasteiger partial charge in [0.1, 0.15) is 11.2 Å². The third kappa shape index (κ3) is 8.46. The van der Waals surface area contributed by atoms with Gasteiger partial charge in [-0.1, -0.05) is 212 Å². The number of fused-ring (bicyclic) bond motifs is 23. The van der Waals surface area contributed by atoms with Crippen molar-refractivity contribution in [2.75, 3.05) is 9.62 Å². The zero-order chi connectivity index (χ0) is 90.3. The lowest BCUT2D eigenvalue weighted by molar-refractivity contribution is -0.175. The van der Waals surface area contributed by atoms with Gasteiger partial charge in [0.2, 0.25) is 0 Å². The molecule has 16 saturated carbocycles. The molecule has 19 aromatic rings. The van der Waals surface area contributed by atoms with E-state index in [9.17, 15) is 0 Å². The van der Waals surface area contributed by atoms with E-state index in [4.69, 9.17) is 4.42 Å². The molecule has 0 N–H and O–H groups in total. The summed E-state index contributed by atoms with van der Waals surface area (Å²) in [5.74, 6) is 11.1. The number of furan rings is 1. The first-order valence-corrected chi connectivity index (χ1v) is 54.7. The van der Waals surface area contributed by atoms with Crippen LogP contribution in [0.1, 0.15) is 151 Å². The highest BCUT2D eigenvalue weighted by Gasteiger charge is 2.81. The molecular formula is C134H104B2N4O. The molecule has 16 aliphatic carbocycles. The number of anilines is 4. The van der Waals surface area contributed by atoms with Crippen LogP contribution in [0.3, 0.4) is 0 Å². The summed E-state index contributed by atoms with van der Waals surface area (Å²) >= 11 is 0. The van der Waals surface area contributed by atoms with Gasteiger partial charge in [-0.15, -0.1) is 0 Å². The molecule has 20 aliphatic rings. The monoisotopic (exact) mass is 1810 g/mol. The van der Waals surface area contributed by atoms with E-state index in [0.29, 0.717) is 32.5 Å². The third-order valence-corrected chi connectivity index (χ3v) is 46.8. The molecule has 0 amide bonds. The largest absolute Gasteiger partial charge is 0.456 e. The second kappa shape index (κ2) is 24.3. The van der Waals surface area contributed by atoms with Gasteiger partial charge in [0.05, 0.1) is 22.1 Å². The first kappa shape index (κ1) is 74.8. The van der Waals surface area contributed by atoms with E-state index in [0.717, 1.165) is 87.6 Å². The number of hydrogen-bond donors (Lipinski definition) is 0. The average Bonchev–Trinajstić information content (AvgIpc) is 1.48. The number of hydrogen-bond acceptors (Lipinski definition) is 3. The van der Waals surface area contributed by atoms with Gasteiger partial charge in [0.15, 0.2) is 0 Å². The van der Waals surface area contributed by atoms with Crippen molar-refractivity contribution in [1.29, 1.82) is 0 Å². The van der Waals surface area contributed by atoms with E-state index < -0.39 is 0 Å². The van der Waals surface area contributed by atoms with Crippen molar-refractivity contribution in [3.8, 4) is 89.3 Å². The first-order valence-electron chi connectivity index (χ1n) is 54.7. The van der Waals surface area contributed by atoms with Crippen LogP contribution in [0.5, 0.6) is 0 Å². The standard InChI is InChI=1S/C134H104B2N4O/c1-3-11-73(12-4-1)78-29-36-101(37-30-78)140-124-102-16-8-7-15-81(102)31-38-104(124)109-41-83(44-118-122(109)136(140)114-58-87(130-67-98-51-91-52-99(68-130)134(91,98)72-130)56-112-106-54-85(32-39-115(106)137(118)126(112)114)128-63-94-47-89-48-95(64-128)132(89,94)70-128)80-25-23-76(24-26-80)75-19-21-77(22-20-75)79-27-34-100(35-28-79)139-117-60-121-108(103-17-9-10-18-120(103)141-121)59-107(117)110-42-82(74-13-5-2-6-14-74)43-119-123(110)135(139)113-57-86(129-65-96-49-90-50-97(66-129)133(90,96)71-129)55-111-105-53-84(33-40-116(105)138(119)125(111)113)127-61-92-45-88-46-93(62-127)131(88,92)69-127/h1-44,53-60,88-99H,45-52,61-72H2/t88?,89?,90?,91?,92?,93?,94?,95?,96-,97?,98?,99?,127?,128?,129?,130?,131?,132?,133?,134?/m0/s1. The van der Waals surface area contributed by atoms with Gasteiger partial charge in [-0.05, 0) is 456 Å². The van der Waals surface area contributed by atoms with E-state index >= 15 is 0 Å². The summed E-state index contributed by atoms with van der Waals surface area (Å²) in [4.78, 5) is 5.65. The molecule has 0 radical (unpaired) electrons. The van der Waals surface area contributed by atoms with Gasteiger partial charge in [-0.2, -0.15) is 0 Å². The van der Waals surface area contributed by atoms with Crippen LogP contribution in [0.4, 0.5) is 22.7 Å². The van der Waals surface area contributed by atoms with Crippen molar-refractivity contribution >= 4 is 135 Å². The summed E-state index contributed by atoms with van der Waals surface area (Å²) in [5.41, 5.74) is 48.5. The van der Waals surface area contributed by atoms with Crippen LogP contribution in [0, 0.1) is 92.7 Å². The Balaban J connectivity index is 0.475. The normalized spacial score (nSPS) is 33.1. The Bertz CT molecular complexity index is 9060. The zero-order valence-electron chi connectivity index (χ0n) is 79.4. The van der Waals surface area contributed by atoms with Crippen molar-refractivity contribution in [1.82, 2.24) is 9.13 Å². The molecule has 7 heterocycles. The molecule has 8 bridgehead atoms. The maximum Gasteiger partial charge on any atom is 0.333 e. The summed E-state index contributed by atoms with van der Waals surface area (Å²) in [6.07, 6.45) is 28.4. The fourth-order valence-electron chi connectivity index (χ4n) is 41.4. The molecule has 16 fully saturated rings. The smallest absolute Gasteiger partial charge is 0.333 e. The van der Waals surface area contributed by atoms with Crippen molar-refractivity contribution in [2.24, 2.45) is 92.7 Å². The minimum absolute atomic E-state index is 0.0902. The topological polar surface area (TPSA) is 29.5 Å². The summed E-state index contributed by atoms with van der Waals surface area (Å²) < 4.78 is 12.7. The summed E-state index contributed by atoms with van der Waals surface area (Å²) in [6, 6.07) is 127. The summed E-state index contributed by atoms with van der Waals surface area (Å²) in [5, 5.41) is 10.9. The van der Waals surface area contributed by atoms with Gasteiger partial charge in [-0.25, -0.2) is 0 Å². The van der Waals surface area contributed by atoms with Gasteiger partial charge >= 0.3 is 13.7 Å². The lowest BCUT2D eigenvalue weighted by atomic mass is 9.38. The van der Waals surface area contributed by atoms with Gasteiger partial charge in [0.25, 0.3) is 0 Å². The fraction of sp³-hybridized carbons (Fsp3) is 0.299. The summed E-state index contributed by atoms with van der Waals surface area (Å²) in [6.45, 7) is -0.218. The molecule has 16 aromatic carbocycles. The van der Waals surface area contributed by atoms with Crippen molar-refractivity contribution in [2.45, 2.75) is 150 Å². The van der Waals surface area contributed by atoms with Crippen LogP contribution >= 0.6 is 0 Å². The maximum atomic E-state index is 7.08. The zero-order valence-corrected chi connectivity index (χ0v) is 79.4. The first-order chi connectivity index (χ1) is 69.4. The predicted octanol–water partition coefficient (Wildman–Crippen LogP) is 30.1. The molecule has 3 aromatic heterocycles. The van der Waals surface area contributed by atoms with Crippen LogP contribution in [0.15, 0.2) is 320 Å². The highest BCUT2D eigenvalue weighted by Crippen LogP contribution is 2.89. The Hall–Kier alpha value is -13.1. The molecular weight excluding hydrogens is 1700 g/mol. The minimum Gasteiger partial charge on any atom is -0.456 e. The van der Waals surface area contributed by atoms with E-state index in [1.54, 1.807) is 22.3 Å². The molecule has 10 unspecified atom stereocenters. The van der Waals surface area contributed by atoms with E-state index in [1.165, 1.54) is 322 Å². The Labute approximate surface area is 821 Å². The molecule has 39 rings (SSSR count). The molecule has 0 saturated heterocycles. The molecule has 4 aliphatic heterocycles. The summed E-state index contributed by atoms with van der Waals surface area (Å²) in [7, 11) is 0. The number of rotatable bonds is 11. The van der Waals surface area contributed by atoms with Crippen molar-refractivity contribution in [3.05, 3.63) is 338 Å². The van der Waals surface area contributed by atoms with E-state index in [2.05, 4.69) is 334 Å². The van der Waals surface area contributed by atoms with Crippen LogP contribution in [0.2, 0.25) is 0 Å². The van der Waals surface area contributed by atoms with Crippen LogP contribution in [-0.4, -0.2) is 22.8 Å². The Kier molecular flexibility index (Phi) is 12.9. The van der Waals surface area contributed by atoms with Gasteiger partial charge < -0.3 is 23.2 Å². The second-order valence-corrected chi connectivity index (χ2v) is 50.8. The Morgan fingerprint density at radius 3 is 1.07 bits per heavy atom.